The molecule has 0 unspecified atom stereocenters. The van der Waals surface area contributed by atoms with Crippen LogP contribution in [0.1, 0.15) is 16.2 Å². The molecule has 4 aromatic rings. The summed E-state index contributed by atoms with van der Waals surface area (Å²) < 4.78 is 7.72. The maximum absolute atomic E-state index is 12.5. The first-order valence-corrected chi connectivity index (χ1v) is 10.7. The summed E-state index contributed by atoms with van der Waals surface area (Å²) in [4.78, 5) is 13.3. The highest BCUT2D eigenvalue weighted by Crippen LogP contribution is 2.26. The number of nitrogens with zero attached hydrogens (tertiary/aromatic N) is 4. The first kappa shape index (κ1) is 20.4. The number of rotatable bonds is 4. The van der Waals surface area contributed by atoms with Crippen molar-refractivity contribution < 1.29 is 9.53 Å². The van der Waals surface area contributed by atoms with Crippen LogP contribution in [0.3, 0.4) is 0 Å². The van der Waals surface area contributed by atoms with Gasteiger partial charge >= 0.3 is 0 Å². The zero-order valence-electron chi connectivity index (χ0n) is 15.8. The monoisotopic (exact) mass is 502 g/mol. The molecule has 0 aliphatic rings. The van der Waals surface area contributed by atoms with Crippen LogP contribution in [0.5, 0.6) is 5.75 Å². The molecule has 0 bridgehead atoms. The molecular weight excluding hydrogens is 488 g/mol. The van der Waals surface area contributed by atoms with Gasteiger partial charge in [-0.3, -0.25) is 10.1 Å². The van der Waals surface area contributed by atoms with Gasteiger partial charge in [-0.05, 0) is 61.6 Å². The van der Waals surface area contributed by atoms with E-state index >= 15 is 0 Å². The van der Waals surface area contributed by atoms with Gasteiger partial charge in [0.1, 0.15) is 10.8 Å². The lowest BCUT2D eigenvalue weighted by molar-refractivity contribution is 0.0974. The highest BCUT2D eigenvalue weighted by Gasteiger charge is 2.15. The highest BCUT2D eigenvalue weighted by molar-refractivity contribution is 9.10. The third-order valence-electron chi connectivity index (χ3n) is 4.17. The van der Waals surface area contributed by atoms with E-state index in [4.69, 9.17) is 17.0 Å². The van der Waals surface area contributed by atoms with Gasteiger partial charge in [-0.2, -0.15) is 9.61 Å². The van der Waals surface area contributed by atoms with Gasteiger partial charge in [-0.15, -0.1) is 10.2 Å². The molecule has 0 atom stereocenters. The summed E-state index contributed by atoms with van der Waals surface area (Å²) in [6, 6.07) is 12.8. The number of nitrogens with one attached hydrogen (secondary N) is 2. The van der Waals surface area contributed by atoms with Crippen LogP contribution in [-0.2, 0) is 0 Å². The normalized spacial score (nSPS) is 10.8. The fraction of sp³-hybridized carbons (Fsp3) is 0.105. The van der Waals surface area contributed by atoms with Crippen LogP contribution in [0.15, 0.2) is 46.9 Å². The largest absolute Gasteiger partial charge is 0.496 e. The number of amides is 1. The number of aryl methyl sites for hydroxylation is 1. The van der Waals surface area contributed by atoms with Crippen LogP contribution in [0.2, 0.25) is 0 Å². The molecule has 0 fully saturated rings. The number of anilines is 1. The molecule has 0 saturated heterocycles. The number of halogens is 1. The number of hydrogen-bond acceptors (Lipinski definition) is 7. The number of carbonyl (C=O) groups excluding carboxylic acids is 1. The molecule has 0 radical (unpaired) electrons. The zero-order valence-corrected chi connectivity index (χ0v) is 19.1. The highest BCUT2D eigenvalue weighted by atomic mass is 79.9. The topological polar surface area (TPSA) is 93.4 Å². The van der Waals surface area contributed by atoms with Crippen molar-refractivity contribution in [2.45, 2.75) is 6.92 Å². The summed E-state index contributed by atoms with van der Waals surface area (Å²) >= 11 is 10.1. The molecule has 2 heterocycles. The molecule has 1 amide bonds. The van der Waals surface area contributed by atoms with E-state index in [1.165, 1.54) is 18.4 Å². The van der Waals surface area contributed by atoms with E-state index in [-0.39, 0.29) is 11.0 Å². The quantitative estimate of drug-likeness (QED) is 0.406. The third-order valence-corrected chi connectivity index (χ3v) is 5.81. The molecule has 2 aromatic carbocycles. The van der Waals surface area contributed by atoms with Gasteiger partial charge in [0.25, 0.3) is 5.91 Å². The first-order chi connectivity index (χ1) is 14.4. The number of thiocarbonyl (C=S) groups is 1. The minimum absolute atomic E-state index is 0.184. The SMILES string of the molecule is COc1ccc(Br)cc1C(=O)NC(=S)Nc1ccc(-c2nn3c(C)nnc3s2)cc1. The van der Waals surface area contributed by atoms with Crippen molar-refractivity contribution in [3.8, 4) is 16.3 Å². The Hall–Kier alpha value is -2.89. The summed E-state index contributed by atoms with van der Waals surface area (Å²) in [6.45, 7) is 1.86. The van der Waals surface area contributed by atoms with Gasteiger partial charge in [0.2, 0.25) is 4.96 Å². The molecule has 11 heteroatoms. The zero-order chi connectivity index (χ0) is 21.3. The Morgan fingerprint density at radius 1 is 1.20 bits per heavy atom. The number of benzene rings is 2. The van der Waals surface area contributed by atoms with Crippen LogP contribution in [0, 0.1) is 6.92 Å². The van der Waals surface area contributed by atoms with Crippen LogP contribution in [0.25, 0.3) is 15.5 Å². The van der Waals surface area contributed by atoms with Crippen molar-refractivity contribution in [2.24, 2.45) is 0 Å². The van der Waals surface area contributed by atoms with Crippen molar-refractivity contribution in [3.63, 3.8) is 0 Å². The summed E-state index contributed by atoms with van der Waals surface area (Å²) in [7, 11) is 1.51. The van der Waals surface area contributed by atoms with E-state index in [1.807, 2.05) is 31.2 Å². The molecule has 0 saturated carbocycles. The third kappa shape index (κ3) is 4.18. The van der Waals surface area contributed by atoms with E-state index in [9.17, 15) is 4.79 Å². The number of fused-ring (bicyclic) bond motifs is 1. The summed E-state index contributed by atoms with van der Waals surface area (Å²) in [5, 5.41) is 19.3. The molecule has 152 valence electrons. The van der Waals surface area contributed by atoms with Crippen molar-refractivity contribution in [1.82, 2.24) is 25.1 Å². The van der Waals surface area contributed by atoms with Crippen molar-refractivity contribution in [1.29, 1.82) is 0 Å². The molecule has 0 aliphatic heterocycles. The summed E-state index contributed by atoms with van der Waals surface area (Å²) in [5.74, 6) is 0.842. The molecule has 0 spiro atoms. The van der Waals surface area contributed by atoms with Crippen molar-refractivity contribution in [3.05, 3.63) is 58.3 Å². The van der Waals surface area contributed by atoms with E-state index in [0.29, 0.717) is 11.3 Å². The van der Waals surface area contributed by atoms with Gasteiger partial charge in [0.05, 0.1) is 12.7 Å². The first-order valence-electron chi connectivity index (χ1n) is 8.70. The Balaban J connectivity index is 1.43. The standard InChI is InChI=1S/C19H15BrN6O2S2/c1-10-23-24-19-26(10)25-17(30-19)11-3-6-13(7-4-11)21-18(29)22-16(27)14-9-12(20)5-8-15(14)28-2/h3-9H,1-2H3,(H2,21,22,27,29). The lowest BCUT2D eigenvalue weighted by Crippen LogP contribution is -2.34. The lowest BCUT2D eigenvalue weighted by Gasteiger charge is -2.12. The van der Waals surface area contributed by atoms with Gasteiger partial charge in [0.15, 0.2) is 10.9 Å². The Morgan fingerprint density at radius 2 is 1.97 bits per heavy atom. The second-order valence-corrected chi connectivity index (χ2v) is 8.46. The van der Waals surface area contributed by atoms with Crippen LogP contribution >= 0.6 is 39.5 Å². The Morgan fingerprint density at radius 3 is 2.67 bits per heavy atom. The number of ether oxygens (including phenoxy) is 1. The Bertz CT molecular complexity index is 1250. The van der Waals surface area contributed by atoms with Gasteiger partial charge in [-0.1, -0.05) is 27.3 Å². The molecule has 30 heavy (non-hydrogen) atoms. The maximum Gasteiger partial charge on any atom is 0.261 e. The predicted molar refractivity (Wildman–Crippen MR) is 123 cm³/mol. The van der Waals surface area contributed by atoms with Crippen LogP contribution in [-0.4, -0.2) is 37.9 Å². The van der Waals surface area contributed by atoms with E-state index in [0.717, 1.165) is 31.5 Å². The number of hydrogen-bond donors (Lipinski definition) is 2. The average molecular weight is 503 g/mol. The maximum atomic E-state index is 12.5. The Kier molecular flexibility index (Phi) is 5.75. The Labute approximate surface area is 189 Å². The van der Waals surface area contributed by atoms with E-state index in [2.05, 4.69) is 41.9 Å². The molecule has 4 rings (SSSR count). The van der Waals surface area contributed by atoms with Gasteiger partial charge < -0.3 is 10.1 Å². The predicted octanol–water partition coefficient (Wildman–Crippen LogP) is 4.06. The summed E-state index contributed by atoms with van der Waals surface area (Å²) in [5.41, 5.74) is 2.07. The van der Waals surface area contributed by atoms with Crippen molar-refractivity contribution >= 4 is 61.2 Å². The molecule has 0 aliphatic carbocycles. The fourth-order valence-electron chi connectivity index (χ4n) is 2.72. The molecular formula is C19H15BrN6O2S2. The van der Waals surface area contributed by atoms with Crippen LogP contribution in [0.4, 0.5) is 5.69 Å². The smallest absolute Gasteiger partial charge is 0.261 e. The van der Waals surface area contributed by atoms with Gasteiger partial charge in [0, 0.05) is 15.7 Å². The second-order valence-electron chi connectivity index (χ2n) is 6.18. The van der Waals surface area contributed by atoms with E-state index in [1.54, 1.807) is 22.7 Å². The molecule has 2 N–H and O–H groups in total. The van der Waals surface area contributed by atoms with Gasteiger partial charge in [-0.25, -0.2) is 0 Å². The molecule has 2 aromatic heterocycles. The lowest BCUT2D eigenvalue weighted by atomic mass is 10.2. The second kappa shape index (κ2) is 8.46. The number of carbonyl (C=O) groups is 1. The summed E-state index contributed by atoms with van der Waals surface area (Å²) in [6.07, 6.45) is 0. The minimum Gasteiger partial charge on any atom is -0.496 e. The van der Waals surface area contributed by atoms with Crippen molar-refractivity contribution in [2.75, 3.05) is 12.4 Å². The number of aromatic nitrogens is 4. The average Bonchev–Trinajstić information content (AvgIpc) is 3.30. The minimum atomic E-state index is -0.364. The number of methoxy groups -OCH3 is 1. The van der Waals surface area contributed by atoms with E-state index < -0.39 is 0 Å². The molecule has 8 nitrogen and oxygen atoms in total. The fourth-order valence-corrected chi connectivity index (χ4v) is 4.18. The van der Waals surface area contributed by atoms with Crippen LogP contribution < -0.4 is 15.4 Å².